The quantitative estimate of drug-likeness (QED) is 0.494. The average molecular weight is 156 g/mol. The van der Waals surface area contributed by atoms with Crippen LogP contribution in [0, 0.1) is 11.3 Å². The van der Waals surface area contributed by atoms with Crippen molar-refractivity contribution in [3.63, 3.8) is 0 Å². The van der Waals surface area contributed by atoms with Gasteiger partial charge in [0, 0.05) is 0 Å². The van der Waals surface area contributed by atoms with Gasteiger partial charge in [-0.25, -0.2) is 0 Å². The summed E-state index contributed by atoms with van der Waals surface area (Å²) in [5, 5.41) is 7.72. The summed E-state index contributed by atoms with van der Waals surface area (Å²) in [4.78, 5) is 0. The van der Waals surface area contributed by atoms with Crippen LogP contribution in [0.3, 0.4) is 0 Å². The van der Waals surface area contributed by atoms with Gasteiger partial charge in [0.2, 0.25) is 0 Å². The molecule has 0 amide bonds. The van der Waals surface area contributed by atoms with Crippen LogP contribution >= 0.6 is 34.8 Å². The molecule has 0 aliphatic rings. The van der Waals surface area contributed by atoms with Crippen LogP contribution < -0.4 is 0 Å². The summed E-state index contributed by atoms with van der Waals surface area (Å²) in [6.45, 7) is 0. The molecule has 0 aliphatic carbocycles. The maximum atomic E-state index is 7.90. The van der Waals surface area contributed by atoms with Crippen LogP contribution in [0.2, 0.25) is 0 Å². The smallest absolute Gasteiger partial charge is 0.148 e. The van der Waals surface area contributed by atoms with E-state index in [0.29, 0.717) is 0 Å². The van der Waals surface area contributed by atoms with Gasteiger partial charge in [-0.3, -0.25) is 0 Å². The van der Waals surface area contributed by atoms with Gasteiger partial charge in [0.1, 0.15) is 15.6 Å². The third kappa shape index (κ3) is 2.76. The first-order valence-corrected chi connectivity index (χ1v) is 2.42. The van der Waals surface area contributed by atoms with Crippen molar-refractivity contribution in [2.75, 3.05) is 0 Å². The fourth-order valence-electron chi connectivity index (χ4n) is 0.0423. The standard InChI is InChI=1S/C3Cl3N/c4-2(1-7)3(5)6. The van der Waals surface area contributed by atoms with E-state index in [1.54, 1.807) is 6.07 Å². The number of halogens is 3. The van der Waals surface area contributed by atoms with Crippen LogP contribution in [0.1, 0.15) is 0 Å². The van der Waals surface area contributed by atoms with Gasteiger partial charge >= 0.3 is 0 Å². The molecule has 0 heterocycles. The van der Waals surface area contributed by atoms with Crippen LogP contribution in [0.4, 0.5) is 0 Å². The normalized spacial score (nSPS) is 7.14. The molecule has 0 saturated heterocycles. The molecule has 38 valence electrons. The molecule has 0 bridgehead atoms. The maximum Gasteiger partial charge on any atom is 0.148 e. The van der Waals surface area contributed by atoms with Gasteiger partial charge in [0.05, 0.1) is 0 Å². The minimum absolute atomic E-state index is 0.177. The molecule has 0 atom stereocenters. The van der Waals surface area contributed by atoms with Crippen molar-refractivity contribution >= 4 is 34.8 Å². The molecular weight excluding hydrogens is 156 g/mol. The molecule has 0 spiro atoms. The van der Waals surface area contributed by atoms with E-state index in [1.807, 2.05) is 0 Å². The molecule has 0 rings (SSSR count). The highest BCUT2D eigenvalue weighted by Gasteiger charge is 1.92. The van der Waals surface area contributed by atoms with Crippen LogP contribution in [-0.4, -0.2) is 0 Å². The Morgan fingerprint density at radius 2 is 1.71 bits per heavy atom. The Hall–Kier alpha value is 0.1000. The number of nitrogens with zero attached hydrogens (tertiary/aromatic N) is 1. The minimum atomic E-state index is -0.191. The molecule has 7 heavy (non-hydrogen) atoms. The molecule has 0 aromatic heterocycles. The summed E-state index contributed by atoms with van der Waals surface area (Å²) >= 11 is 15.1. The fourth-order valence-corrected chi connectivity index (χ4v) is 0.127. The molecule has 4 heteroatoms. The maximum absolute atomic E-state index is 7.90. The highest BCUT2D eigenvalue weighted by atomic mass is 35.5. The van der Waals surface area contributed by atoms with E-state index >= 15 is 0 Å². The highest BCUT2D eigenvalue weighted by molar-refractivity contribution is 6.59. The van der Waals surface area contributed by atoms with E-state index in [0.717, 1.165) is 0 Å². The number of hydrogen-bond donors (Lipinski definition) is 0. The van der Waals surface area contributed by atoms with E-state index in [1.165, 1.54) is 0 Å². The number of nitriles is 1. The van der Waals surface area contributed by atoms with Gasteiger partial charge in [-0.15, -0.1) is 0 Å². The summed E-state index contributed by atoms with van der Waals surface area (Å²) in [6, 6.07) is 1.55. The van der Waals surface area contributed by atoms with Crippen molar-refractivity contribution in [1.29, 1.82) is 5.26 Å². The predicted molar refractivity (Wildman–Crippen MR) is 30.2 cm³/mol. The van der Waals surface area contributed by atoms with E-state index in [-0.39, 0.29) is 9.52 Å². The molecule has 0 aliphatic heterocycles. The van der Waals surface area contributed by atoms with Gasteiger partial charge in [0.15, 0.2) is 0 Å². The van der Waals surface area contributed by atoms with Crippen LogP contribution in [0.5, 0.6) is 0 Å². The van der Waals surface area contributed by atoms with Crippen molar-refractivity contribution in [2.45, 2.75) is 0 Å². The lowest BCUT2D eigenvalue weighted by molar-refractivity contribution is 1.52. The largest absolute Gasteiger partial charge is 0.191 e. The summed E-state index contributed by atoms with van der Waals surface area (Å²) in [5.74, 6) is 0. The Labute approximate surface area is 56.1 Å². The zero-order valence-corrected chi connectivity index (χ0v) is 5.35. The van der Waals surface area contributed by atoms with Crippen molar-refractivity contribution < 1.29 is 0 Å². The molecule has 0 radical (unpaired) electrons. The Morgan fingerprint density at radius 3 is 1.71 bits per heavy atom. The zero-order chi connectivity index (χ0) is 5.86. The van der Waals surface area contributed by atoms with Crippen molar-refractivity contribution in [1.82, 2.24) is 0 Å². The van der Waals surface area contributed by atoms with Crippen LogP contribution in [0.15, 0.2) is 9.52 Å². The Bertz CT molecular complexity index is 128. The lowest BCUT2D eigenvalue weighted by Gasteiger charge is -1.76. The van der Waals surface area contributed by atoms with E-state index in [4.69, 9.17) is 40.1 Å². The van der Waals surface area contributed by atoms with Crippen LogP contribution in [0.25, 0.3) is 0 Å². The molecule has 0 saturated carbocycles. The van der Waals surface area contributed by atoms with E-state index in [2.05, 4.69) is 0 Å². The molecule has 0 aromatic carbocycles. The fraction of sp³-hybridized carbons (Fsp3) is 0. The predicted octanol–water partition coefficient (Wildman–Crippen LogP) is 2.40. The van der Waals surface area contributed by atoms with Gasteiger partial charge in [0.25, 0.3) is 0 Å². The van der Waals surface area contributed by atoms with E-state index in [9.17, 15) is 0 Å². The Kier molecular flexibility index (Phi) is 3.19. The molecule has 0 fully saturated rings. The summed E-state index contributed by atoms with van der Waals surface area (Å²) in [6.07, 6.45) is 0. The first-order chi connectivity index (χ1) is 3.18. The van der Waals surface area contributed by atoms with Gasteiger partial charge in [-0.2, -0.15) is 5.26 Å². The lowest BCUT2D eigenvalue weighted by atomic mass is 10.7. The Morgan fingerprint density at radius 1 is 1.29 bits per heavy atom. The minimum Gasteiger partial charge on any atom is -0.191 e. The third-order valence-corrected chi connectivity index (χ3v) is 1.11. The molecular formula is C3Cl3N. The first-order valence-electron chi connectivity index (χ1n) is 1.29. The number of hydrogen-bond acceptors (Lipinski definition) is 1. The van der Waals surface area contributed by atoms with Crippen molar-refractivity contribution in [3.05, 3.63) is 9.52 Å². The summed E-state index contributed by atoms with van der Waals surface area (Å²) < 4.78 is -0.191. The first kappa shape index (κ1) is 7.10. The van der Waals surface area contributed by atoms with Gasteiger partial charge < -0.3 is 0 Å². The highest BCUT2D eigenvalue weighted by Crippen LogP contribution is 2.15. The van der Waals surface area contributed by atoms with Gasteiger partial charge in [-0.1, -0.05) is 34.8 Å². The molecule has 1 nitrogen and oxygen atoms in total. The second-order valence-corrected chi connectivity index (χ2v) is 2.01. The topological polar surface area (TPSA) is 23.8 Å². The van der Waals surface area contributed by atoms with Gasteiger partial charge in [-0.05, 0) is 0 Å². The van der Waals surface area contributed by atoms with E-state index < -0.39 is 0 Å². The second kappa shape index (κ2) is 3.15. The molecule has 0 unspecified atom stereocenters. The van der Waals surface area contributed by atoms with Crippen molar-refractivity contribution in [3.8, 4) is 6.07 Å². The summed E-state index contributed by atoms with van der Waals surface area (Å²) in [7, 11) is 0. The average Bonchev–Trinajstić information content (AvgIpc) is 1.65. The second-order valence-electron chi connectivity index (χ2n) is 0.686. The Balaban J connectivity index is 4.07. The molecule has 0 aromatic rings. The number of rotatable bonds is 0. The summed E-state index contributed by atoms with van der Waals surface area (Å²) in [5.41, 5.74) is 0. The van der Waals surface area contributed by atoms with Crippen LogP contribution in [-0.2, 0) is 0 Å². The van der Waals surface area contributed by atoms with Crippen molar-refractivity contribution in [2.24, 2.45) is 0 Å². The third-order valence-electron chi connectivity index (χ3n) is 0.264. The molecule has 0 N–H and O–H groups in total. The zero-order valence-electron chi connectivity index (χ0n) is 3.08. The SMILES string of the molecule is N#CC(Cl)=C(Cl)Cl. The number of allylic oxidation sites excluding steroid dienone is 1. The lowest BCUT2D eigenvalue weighted by Crippen LogP contribution is -1.59. The monoisotopic (exact) mass is 155 g/mol.